The minimum Gasteiger partial charge on any atom is -0.303 e. The van der Waals surface area contributed by atoms with E-state index in [0.29, 0.717) is 11.8 Å². The van der Waals surface area contributed by atoms with E-state index in [9.17, 15) is 4.79 Å². The summed E-state index contributed by atoms with van der Waals surface area (Å²) in [5.41, 5.74) is 2.04. The molecule has 1 saturated carbocycles. The van der Waals surface area contributed by atoms with E-state index in [4.69, 9.17) is 0 Å². The molecule has 13 heavy (non-hydrogen) atoms. The van der Waals surface area contributed by atoms with Crippen molar-refractivity contribution in [2.75, 3.05) is 0 Å². The number of carbonyl (C=O) groups excluding carboxylic acids is 1. The SMILES string of the molecule is CC1CC(C)(C)C/C1=C/CCC=O. The summed E-state index contributed by atoms with van der Waals surface area (Å²) in [5.74, 6) is 0.724. The maximum Gasteiger partial charge on any atom is 0.120 e. The first kappa shape index (κ1) is 10.5. The van der Waals surface area contributed by atoms with Gasteiger partial charge in [-0.2, -0.15) is 0 Å². The number of aldehydes is 1. The van der Waals surface area contributed by atoms with Crippen LogP contribution in [-0.4, -0.2) is 6.29 Å². The van der Waals surface area contributed by atoms with Crippen molar-refractivity contribution >= 4 is 6.29 Å². The predicted octanol–water partition coefficient (Wildman–Crippen LogP) is 3.35. The average molecular weight is 180 g/mol. The average Bonchev–Trinajstić information content (AvgIpc) is 2.25. The molecule has 1 nitrogen and oxygen atoms in total. The van der Waals surface area contributed by atoms with Crippen LogP contribution in [0.2, 0.25) is 0 Å². The Morgan fingerprint density at radius 2 is 2.15 bits per heavy atom. The minimum absolute atomic E-state index is 0.479. The molecule has 1 rings (SSSR count). The molecule has 1 aliphatic rings. The lowest BCUT2D eigenvalue weighted by molar-refractivity contribution is -0.107. The van der Waals surface area contributed by atoms with E-state index in [-0.39, 0.29) is 0 Å². The summed E-state index contributed by atoms with van der Waals surface area (Å²) in [6.45, 7) is 6.94. The molecular formula is C12H20O. The van der Waals surface area contributed by atoms with Crippen LogP contribution in [0.3, 0.4) is 0 Å². The number of hydrogen-bond acceptors (Lipinski definition) is 1. The van der Waals surface area contributed by atoms with E-state index < -0.39 is 0 Å². The summed E-state index contributed by atoms with van der Waals surface area (Å²) in [4.78, 5) is 10.2. The second-order valence-electron chi connectivity index (χ2n) is 4.97. The van der Waals surface area contributed by atoms with Crippen LogP contribution in [0.4, 0.5) is 0 Å². The van der Waals surface area contributed by atoms with Crippen molar-refractivity contribution in [2.45, 2.75) is 46.5 Å². The maximum atomic E-state index is 10.2. The van der Waals surface area contributed by atoms with Crippen LogP contribution < -0.4 is 0 Å². The van der Waals surface area contributed by atoms with Crippen LogP contribution >= 0.6 is 0 Å². The second-order valence-corrected chi connectivity index (χ2v) is 4.97. The van der Waals surface area contributed by atoms with Crippen molar-refractivity contribution in [3.8, 4) is 0 Å². The Hall–Kier alpha value is -0.590. The Labute approximate surface area is 81.2 Å². The summed E-state index contributed by atoms with van der Waals surface area (Å²) in [5, 5.41) is 0. The molecule has 0 spiro atoms. The zero-order valence-corrected chi connectivity index (χ0v) is 8.97. The van der Waals surface area contributed by atoms with Crippen LogP contribution in [0.5, 0.6) is 0 Å². The lowest BCUT2D eigenvalue weighted by Gasteiger charge is -2.14. The number of allylic oxidation sites excluding steroid dienone is 2. The fraction of sp³-hybridized carbons (Fsp3) is 0.750. The van der Waals surface area contributed by atoms with Gasteiger partial charge in [-0.05, 0) is 30.6 Å². The normalized spacial score (nSPS) is 29.5. The third kappa shape index (κ3) is 2.98. The molecule has 1 heteroatoms. The molecule has 0 aromatic carbocycles. The molecule has 0 aromatic rings. The smallest absolute Gasteiger partial charge is 0.120 e. The van der Waals surface area contributed by atoms with Crippen molar-refractivity contribution in [2.24, 2.45) is 11.3 Å². The summed E-state index contributed by atoms with van der Waals surface area (Å²) < 4.78 is 0. The molecule has 0 aromatic heterocycles. The van der Waals surface area contributed by atoms with E-state index in [0.717, 1.165) is 18.6 Å². The molecule has 0 radical (unpaired) electrons. The van der Waals surface area contributed by atoms with E-state index in [1.165, 1.54) is 12.8 Å². The predicted molar refractivity (Wildman–Crippen MR) is 55.6 cm³/mol. The van der Waals surface area contributed by atoms with Crippen LogP contribution in [0, 0.1) is 11.3 Å². The summed E-state index contributed by atoms with van der Waals surface area (Å²) in [6, 6.07) is 0. The van der Waals surface area contributed by atoms with Crippen LogP contribution in [0.1, 0.15) is 46.5 Å². The van der Waals surface area contributed by atoms with E-state index in [2.05, 4.69) is 26.8 Å². The molecule has 0 aliphatic heterocycles. The molecule has 0 saturated heterocycles. The quantitative estimate of drug-likeness (QED) is 0.370. The van der Waals surface area contributed by atoms with Gasteiger partial charge in [0.05, 0.1) is 0 Å². The van der Waals surface area contributed by atoms with Crippen molar-refractivity contribution < 1.29 is 4.79 Å². The highest BCUT2D eigenvalue weighted by Gasteiger charge is 2.31. The Kier molecular flexibility index (Phi) is 3.29. The van der Waals surface area contributed by atoms with Crippen molar-refractivity contribution in [3.05, 3.63) is 11.6 Å². The molecule has 74 valence electrons. The number of hydrogen-bond donors (Lipinski definition) is 0. The van der Waals surface area contributed by atoms with Gasteiger partial charge in [0.25, 0.3) is 0 Å². The topological polar surface area (TPSA) is 17.1 Å². The van der Waals surface area contributed by atoms with Crippen LogP contribution in [0.15, 0.2) is 11.6 Å². The minimum atomic E-state index is 0.479. The summed E-state index contributed by atoms with van der Waals surface area (Å²) in [6.07, 6.45) is 7.39. The second kappa shape index (κ2) is 4.08. The Morgan fingerprint density at radius 1 is 1.46 bits per heavy atom. The highest BCUT2D eigenvalue weighted by molar-refractivity contribution is 5.49. The molecule has 1 fully saturated rings. The number of carbonyl (C=O) groups is 1. The third-order valence-corrected chi connectivity index (χ3v) is 2.87. The van der Waals surface area contributed by atoms with Crippen molar-refractivity contribution in [1.29, 1.82) is 0 Å². The first-order valence-electron chi connectivity index (χ1n) is 5.18. The monoisotopic (exact) mass is 180 g/mol. The molecule has 1 atom stereocenters. The molecule has 1 unspecified atom stereocenters. The van der Waals surface area contributed by atoms with Gasteiger partial charge < -0.3 is 4.79 Å². The van der Waals surface area contributed by atoms with Gasteiger partial charge in [-0.1, -0.05) is 32.4 Å². The van der Waals surface area contributed by atoms with Crippen molar-refractivity contribution in [1.82, 2.24) is 0 Å². The zero-order chi connectivity index (χ0) is 9.90. The molecule has 0 bridgehead atoms. The molecule has 0 heterocycles. The molecular weight excluding hydrogens is 160 g/mol. The largest absolute Gasteiger partial charge is 0.303 e. The Morgan fingerprint density at radius 3 is 2.62 bits per heavy atom. The molecule has 0 N–H and O–H groups in total. The van der Waals surface area contributed by atoms with Crippen molar-refractivity contribution in [3.63, 3.8) is 0 Å². The van der Waals surface area contributed by atoms with E-state index >= 15 is 0 Å². The van der Waals surface area contributed by atoms with Gasteiger partial charge in [0, 0.05) is 6.42 Å². The first-order valence-corrected chi connectivity index (χ1v) is 5.18. The highest BCUT2D eigenvalue weighted by atomic mass is 16.1. The van der Waals surface area contributed by atoms with Gasteiger partial charge in [-0.15, -0.1) is 0 Å². The van der Waals surface area contributed by atoms with Gasteiger partial charge in [-0.3, -0.25) is 0 Å². The van der Waals surface area contributed by atoms with E-state index in [1.54, 1.807) is 5.57 Å². The lowest BCUT2D eigenvalue weighted by Crippen LogP contribution is -2.03. The summed E-state index contributed by atoms with van der Waals surface area (Å²) >= 11 is 0. The van der Waals surface area contributed by atoms with Crippen LogP contribution in [0.25, 0.3) is 0 Å². The standard InChI is InChI=1S/C12H20O/c1-10-8-12(2,3)9-11(10)6-4-5-7-13/h6-7,10H,4-5,8-9H2,1-3H3/b11-6-. The molecule has 1 aliphatic carbocycles. The maximum absolute atomic E-state index is 10.2. The highest BCUT2D eigenvalue weighted by Crippen LogP contribution is 2.44. The zero-order valence-electron chi connectivity index (χ0n) is 8.97. The van der Waals surface area contributed by atoms with Crippen LogP contribution in [-0.2, 0) is 4.79 Å². The third-order valence-electron chi connectivity index (χ3n) is 2.87. The fourth-order valence-corrected chi connectivity index (χ4v) is 2.37. The fourth-order valence-electron chi connectivity index (χ4n) is 2.37. The van der Waals surface area contributed by atoms with Gasteiger partial charge in [0.15, 0.2) is 0 Å². The lowest BCUT2D eigenvalue weighted by atomic mass is 9.91. The van der Waals surface area contributed by atoms with Gasteiger partial charge in [0.1, 0.15) is 6.29 Å². The Bertz CT molecular complexity index is 213. The van der Waals surface area contributed by atoms with E-state index in [1.807, 2.05) is 0 Å². The summed E-state index contributed by atoms with van der Waals surface area (Å²) in [7, 11) is 0. The van der Waals surface area contributed by atoms with Gasteiger partial charge >= 0.3 is 0 Å². The Balaban J connectivity index is 2.51. The van der Waals surface area contributed by atoms with Gasteiger partial charge in [-0.25, -0.2) is 0 Å². The first-order chi connectivity index (χ1) is 6.05. The molecule has 0 amide bonds. The van der Waals surface area contributed by atoms with Gasteiger partial charge in [0.2, 0.25) is 0 Å². The number of unbranched alkanes of at least 4 members (excludes halogenated alkanes) is 1. The number of rotatable bonds is 3.